The number of rotatable bonds is 6. The second-order valence-electron chi connectivity index (χ2n) is 6.68. The molecule has 0 bridgehead atoms. The van der Waals surface area contributed by atoms with Gasteiger partial charge in [-0.05, 0) is 51.7 Å². The van der Waals surface area contributed by atoms with E-state index >= 15 is 0 Å². The molecule has 1 aliphatic rings. The second kappa shape index (κ2) is 6.75. The van der Waals surface area contributed by atoms with Gasteiger partial charge >= 0.3 is 0 Å². The quantitative estimate of drug-likeness (QED) is 0.718. The summed E-state index contributed by atoms with van der Waals surface area (Å²) < 4.78 is 0. The third-order valence-electron chi connectivity index (χ3n) is 4.37. The van der Waals surface area contributed by atoms with E-state index in [0.29, 0.717) is 5.54 Å². The van der Waals surface area contributed by atoms with Gasteiger partial charge in [-0.15, -0.1) is 0 Å². The summed E-state index contributed by atoms with van der Waals surface area (Å²) in [5, 5.41) is 3.69. The zero-order valence-electron chi connectivity index (χ0n) is 12.6. The van der Waals surface area contributed by atoms with Crippen molar-refractivity contribution in [3.63, 3.8) is 0 Å². The van der Waals surface area contributed by atoms with Crippen LogP contribution in [0, 0.1) is 11.8 Å². The number of nitrogens with one attached hydrogen (secondary N) is 1. The maximum absolute atomic E-state index is 3.69. The van der Waals surface area contributed by atoms with E-state index in [4.69, 9.17) is 0 Å². The predicted octanol–water partition coefficient (Wildman–Crippen LogP) is 3.13. The van der Waals surface area contributed by atoms with Crippen LogP contribution in [-0.2, 0) is 0 Å². The molecule has 0 amide bonds. The molecule has 0 heterocycles. The highest BCUT2D eigenvalue weighted by Crippen LogP contribution is 2.35. The molecule has 2 atom stereocenters. The molecule has 1 N–H and O–H groups in total. The van der Waals surface area contributed by atoms with Gasteiger partial charge in [-0.25, -0.2) is 0 Å². The van der Waals surface area contributed by atoms with Gasteiger partial charge in [-0.2, -0.15) is 0 Å². The predicted molar refractivity (Wildman–Crippen MR) is 76.4 cm³/mol. The van der Waals surface area contributed by atoms with Crippen LogP contribution >= 0.6 is 0 Å². The van der Waals surface area contributed by atoms with Crippen molar-refractivity contribution in [3.05, 3.63) is 0 Å². The number of nitrogens with zero attached hydrogens (tertiary/aromatic N) is 1. The Morgan fingerprint density at radius 3 is 2.59 bits per heavy atom. The van der Waals surface area contributed by atoms with Gasteiger partial charge in [0.15, 0.2) is 0 Å². The topological polar surface area (TPSA) is 15.3 Å². The molecule has 102 valence electrons. The van der Waals surface area contributed by atoms with Gasteiger partial charge in [0.25, 0.3) is 0 Å². The molecule has 0 aliphatic heterocycles. The monoisotopic (exact) mass is 240 g/mol. The molecule has 1 rings (SSSR count). The van der Waals surface area contributed by atoms with Crippen molar-refractivity contribution in [1.29, 1.82) is 0 Å². The first kappa shape index (κ1) is 15.0. The zero-order valence-corrected chi connectivity index (χ0v) is 12.6. The molecule has 0 aromatic rings. The highest BCUT2D eigenvalue weighted by Gasteiger charge is 2.36. The van der Waals surface area contributed by atoms with Gasteiger partial charge in [0, 0.05) is 12.1 Å². The maximum Gasteiger partial charge on any atom is 0.0330 e. The average molecular weight is 240 g/mol. The first-order chi connectivity index (χ1) is 7.96. The number of hydrogen-bond acceptors (Lipinski definition) is 2. The fraction of sp³-hybridized carbons (Fsp3) is 1.00. The van der Waals surface area contributed by atoms with E-state index in [1.165, 1.54) is 38.6 Å². The molecule has 1 aliphatic carbocycles. The van der Waals surface area contributed by atoms with Crippen LogP contribution in [-0.4, -0.2) is 37.6 Å². The van der Waals surface area contributed by atoms with Crippen LogP contribution in [0.4, 0.5) is 0 Å². The van der Waals surface area contributed by atoms with Crippen LogP contribution in [0.2, 0.25) is 0 Å². The van der Waals surface area contributed by atoms with E-state index < -0.39 is 0 Å². The van der Waals surface area contributed by atoms with Gasteiger partial charge < -0.3 is 10.2 Å². The minimum absolute atomic E-state index is 0.411. The summed E-state index contributed by atoms with van der Waals surface area (Å²) in [4.78, 5) is 2.46. The van der Waals surface area contributed by atoms with Crippen LogP contribution in [0.15, 0.2) is 0 Å². The summed E-state index contributed by atoms with van der Waals surface area (Å²) in [6, 6.07) is 0. The Morgan fingerprint density at radius 2 is 2.06 bits per heavy atom. The summed E-state index contributed by atoms with van der Waals surface area (Å²) in [5.41, 5.74) is 0.411. The third kappa shape index (κ3) is 4.59. The lowest BCUT2D eigenvalue weighted by molar-refractivity contribution is 0.0751. The van der Waals surface area contributed by atoms with E-state index in [1.807, 2.05) is 0 Å². The lowest BCUT2D eigenvalue weighted by Gasteiger charge is -2.45. The largest absolute Gasteiger partial charge is 0.315 e. The van der Waals surface area contributed by atoms with E-state index in [-0.39, 0.29) is 0 Å². The Labute approximate surface area is 108 Å². The summed E-state index contributed by atoms with van der Waals surface area (Å²) in [6.45, 7) is 9.34. The Morgan fingerprint density at radius 1 is 1.35 bits per heavy atom. The molecule has 1 saturated carbocycles. The van der Waals surface area contributed by atoms with Crippen LogP contribution in [0.5, 0.6) is 0 Å². The van der Waals surface area contributed by atoms with E-state index in [2.05, 4.69) is 45.1 Å². The number of likely N-dealkylation sites (N-methyl/N-ethyl adjacent to an activating group) is 1. The SMILES string of the molecule is CC(C)CCNCC1(N(C)C)CCCC(C)C1. The molecule has 2 nitrogen and oxygen atoms in total. The van der Waals surface area contributed by atoms with Crippen molar-refractivity contribution in [2.75, 3.05) is 27.2 Å². The average Bonchev–Trinajstić information content (AvgIpc) is 2.24. The van der Waals surface area contributed by atoms with Crippen molar-refractivity contribution in [2.45, 2.75) is 58.4 Å². The normalized spacial score (nSPS) is 30.2. The van der Waals surface area contributed by atoms with Crippen molar-refractivity contribution in [3.8, 4) is 0 Å². The van der Waals surface area contributed by atoms with Gasteiger partial charge in [-0.3, -0.25) is 0 Å². The standard InChI is InChI=1S/C15H32N2/c1-13(2)8-10-16-12-15(17(4)5)9-6-7-14(3)11-15/h13-14,16H,6-12H2,1-5H3. The summed E-state index contributed by atoms with van der Waals surface area (Å²) in [5.74, 6) is 1.70. The lowest BCUT2D eigenvalue weighted by Crippen LogP contribution is -2.54. The smallest absolute Gasteiger partial charge is 0.0330 e. The molecular formula is C15H32N2. The fourth-order valence-electron chi connectivity index (χ4n) is 3.07. The third-order valence-corrected chi connectivity index (χ3v) is 4.37. The Bertz CT molecular complexity index is 213. The van der Waals surface area contributed by atoms with E-state index in [1.54, 1.807) is 0 Å². The highest BCUT2D eigenvalue weighted by atomic mass is 15.2. The van der Waals surface area contributed by atoms with Crippen molar-refractivity contribution < 1.29 is 0 Å². The summed E-state index contributed by atoms with van der Waals surface area (Å²) in [7, 11) is 4.50. The first-order valence-electron chi connectivity index (χ1n) is 7.34. The number of hydrogen-bond donors (Lipinski definition) is 1. The molecule has 0 aromatic carbocycles. The Hall–Kier alpha value is -0.0800. The van der Waals surface area contributed by atoms with Crippen LogP contribution in [0.25, 0.3) is 0 Å². The van der Waals surface area contributed by atoms with Gasteiger partial charge in [0.2, 0.25) is 0 Å². The van der Waals surface area contributed by atoms with Crippen molar-refractivity contribution in [1.82, 2.24) is 10.2 Å². The first-order valence-corrected chi connectivity index (χ1v) is 7.34. The van der Waals surface area contributed by atoms with Crippen LogP contribution in [0.1, 0.15) is 52.9 Å². The van der Waals surface area contributed by atoms with Crippen molar-refractivity contribution in [2.24, 2.45) is 11.8 Å². The van der Waals surface area contributed by atoms with Gasteiger partial charge in [-0.1, -0.05) is 33.6 Å². The highest BCUT2D eigenvalue weighted by molar-refractivity contribution is 4.94. The second-order valence-corrected chi connectivity index (χ2v) is 6.68. The molecular weight excluding hydrogens is 208 g/mol. The Kier molecular flexibility index (Phi) is 5.94. The molecule has 1 fully saturated rings. The molecule has 0 spiro atoms. The minimum Gasteiger partial charge on any atom is -0.315 e. The summed E-state index contributed by atoms with van der Waals surface area (Å²) in [6.07, 6.45) is 6.82. The lowest BCUT2D eigenvalue weighted by atomic mass is 9.75. The van der Waals surface area contributed by atoms with E-state index in [9.17, 15) is 0 Å². The maximum atomic E-state index is 3.69. The molecule has 17 heavy (non-hydrogen) atoms. The zero-order chi connectivity index (χ0) is 12.9. The molecule has 0 saturated heterocycles. The Balaban J connectivity index is 2.42. The molecule has 2 heteroatoms. The summed E-state index contributed by atoms with van der Waals surface area (Å²) >= 11 is 0. The van der Waals surface area contributed by atoms with Crippen molar-refractivity contribution >= 4 is 0 Å². The molecule has 2 unspecified atom stereocenters. The minimum atomic E-state index is 0.411. The molecule has 0 radical (unpaired) electrons. The van der Waals surface area contributed by atoms with E-state index in [0.717, 1.165) is 18.4 Å². The fourth-order valence-corrected chi connectivity index (χ4v) is 3.07. The van der Waals surface area contributed by atoms with Gasteiger partial charge in [0.05, 0.1) is 0 Å². The van der Waals surface area contributed by atoms with Crippen LogP contribution < -0.4 is 5.32 Å². The molecule has 0 aromatic heterocycles. The van der Waals surface area contributed by atoms with Crippen LogP contribution in [0.3, 0.4) is 0 Å². The van der Waals surface area contributed by atoms with Gasteiger partial charge in [0.1, 0.15) is 0 Å².